The average Bonchev–Trinajstić information content (AvgIpc) is 2.16. The van der Waals surface area contributed by atoms with Gasteiger partial charge in [0, 0.05) is 31.7 Å². The van der Waals surface area contributed by atoms with Gasteiger partial charge in [-0.3, -0.25) is 4.90 Å². The first-order valence-corrected chi connectivity index (χ1v) is 6.62. The fraction of sp³-hybridized carbons (Fsp3) is 1.00. The predicted molar refractivity (Wildman–Crippen MR) is 65.0 cm³/mol. The van der Waals surface area contributed by atoms with Gasteiger partial charge in [0.2, 0.25) is 0 Å². The first kappa shape index (κ1) is 11.4. The van der Waals surface area contributed by atoms with E-state index >= 15 is 0 Å². The van der Waals surface area contributed by atoms with Gasteiger partial charge in [0.15, 0.2) is 0 Å². The second-order valence-electron chi connectivity index (χ2n) is 5.92. The minimum absolute atomic E-state index is 0.686. The van der Waals surface area contributed by atoms with E-state index in [0.717, 1.165) is 17.9 Å². The zero-order valence-electron chi connectivity index (χ0n) is 10.5. The molecule has 1 heterocycles. The molecule has 1 saturated carbocycles. The summed E-state index contributed by atoms with van der Waals surface area (Å²) in [5, 5.41) is 3.53. The number of nitrogens with one attached hydrogen (secondary N) is 1. The highest BCUT2D eigenvalue weighted by molar-refractivity contribution is 4.86. The van der Waals surface area contributed by atoms with E-state index in [2.05, 4.69) is 31.0 Å². The van der Waals surface area contributed by atoms with Crippen LogP contribution in [-0.2, 0) is 0 Å². The number of hydrogen-bond acceptors (Lipinski definition) is 2. The van der Waals surface area contributed by atoms with E-state index in [9.17, 15) is 0 Å². The summed E-state index contributed by atoms with van der Waals surface area (Å²) in [6, 6.07) is 1.56. The number of hydrogen-bond donors (Lipinski definition) is 1. The van der Waals surface area contributed by atoms with Gasteiger partial charge < -0.3 is 5.32 Å². The minimum Gasteiger partial charge on any atom is -0.312 e. The normalized spacial score (nSPS) is 44.2. The Balaban J connectivity index is 1.91. The van der Waals surface area contributed by atoms with Crippen molar-refractivity contribution < 1.29 is 0 Å². The molecule has 0 spiro atoms. The highest BCUT2D eigenvalue weighted by Crippen LogP contribution is 2.31. The van der Waals surface area contributed by atoms with Crippen LogP contribution in [-0.4, -0.2) is 36.6 Å². The maximum atomic E-state index is 3.53. The summed E-state index contributed by atoms with van der Waals surface area (Å²) in [4.78, 5) is 2.73. The standard InChI is InChI=1S/C13H26N2/c1-10-6-11(2)8-13(7-10)15-5-4-14-12(3)9-15/h10-14H,4-9H2,1-3H3/t10?,11?,12-,13?/m1/s1. The Morgan fingerprint density at radius 3 is 2.27 bits per heavy atom. The molecule has 1 aliphatic heterocycles. The van der Waals surface area contributed by atoms with Crippen LogP contribution in [0, 0.1) is 11.8 Å². The van der Waals surface area contributed by atoms with Gasteiger partial charge in [-0.05, 0) is 38.0 Å². The Bertz CT molecular complexity index is 195. The first-order chi connectivity index (χ1) is 7.15. The molecule has 0 aromatic rings. The molecule has 0 aromatic carbocycles. The summed E-state index contributed by atoms with van der Waals surface area (Å²) >= 11 is 0. The predicted octanol–water partition coefficient (Wildman–Crippen LogP) is 2.10. The summed E-state index contributed by atoms with van der Waals surface area (Å²) < 4.78 is 0. The van der Waals surface area contributed by atoms with Crippen LogP contribution in [0.3, 0.4) is 0 Å². The van der Waals surface area contributed by atoms with Crippen LogP contribution in [0.4, 0.5) is 0 Å². The SMILES string of the molecule is CC1CC(C)CC(N2CCN[C@H](C)C2)C1. The number of rotatable bonds is 1. The fourth-order valence-corrected chi connectivity index (χ4v) is 3.50. The van der Waals surface area contributed by atoms with Crippen LogP contribution in [0.25, 0.3) is 0 Å². The Kier molecular flexibility index (Phi) is 3.68. The van der Waals surface area contributed by atoms with Gasteiger partial charge in [0.25, 0.3) is 0 Å². The van der Waals surface area contributed by atoms with Crippen molar-refractivity contribution in [3.8, 4) is 0 Å². The lowest BCUT2D eigenvalue weighted by Gasteiger charge is -2.42. The van der Waals surface area contributed by atoms with Crippen molar-refractivity contribution in [2.45, 2.75) is 52.1 Å². The number of nitrogens with zero attached hydrogens (tertiary/aromatic N) is 1. The van der Waals surface area contributed by atoms with E-state index in [1.165, 1.54) is 38.9 Å². The topological polar surface area (TPSA) is 15.3 Å². The molecular formula is C13H26N2. The maximum Gasteiger partial charge on any atom is 0.0167 e. The van der Waals surface area contributed by atoms with Gasteiger partial charge in [-0.15, -0.1) is 0 Å². The van der Waals surface area contributed by atoms with Crippen molar-refractivity contribution >= 4 is 0 Å². The van der Waals surface area contributed by atoms with Gasteiger partial charge in [0.05, 0.1) is 0 Å². The van der Waals surface area contributed by atoms with Crippen molar-refractivity contribution in [1.82, 2.24) is 10.2 Å². The summed E-state index contributed by atoms with van der Waals surface area (Å²) in [7, 11) is 0. The molecule has 1 N–H and O–H groups in total. The third-order valence-electron chi connectivity index (χ3n) is 4.07. The van der Waals surface area contributed by atoms with Crippen LogP contribution in [0.1, 0.15) is 40.0 Å². The van der Waals surface area contributed by atoms with E-state index in [-0.39, 0.29) is 0 Å². The van der Waals surface area contributed by atoms with Crippen molar-refractivity contribution in [3.63, 3.8) is 0 Å². The second kappa shape index (κ2) is 4.84. The van der Waals surface area contributed by atoms with E-state index < -0.39 is 0 Å². The van der Waals surface area contributed by atoms with Gasteiger partial charge in [-0.25, -0.2) is 0 Å². The van der Waals surface area contributed by atoms with Gasteiger partial charge in [0.1, 0.15) is 0 Å². The molecule has 0 aromatic heterocycles. The van der Waals surface area contributed by atoms with Crippen molar-refractivity contribution in [2.24, 2.45) is 11.8 Å². The minimum atomic E-state index is 0.686. The molecule has 3 atom stereocenters. The van der Waals surface area contributed by atoms with Crippen LogP contribution in [0.2, 0.25) is 0 Å². The monoisotopic (exact) mass is 210 g/mol. The van der Waals surface area contributed by atoms with E-state index in [4.69, 9.17) is 0 Å². The Labute approximate surface area is 94.4 Å². The van der Waals surface area contributed by atoms with Crippen molar-refractivity contribution in [2.75, 3.05) is 19.6 Å². The van der Waals surface area contributed by atoms with Crippen molar-refractivity contribution in [3.05, 3.63) is 0 Å². The lowest BCUT2D eigenvalue weighted by molar-refractivity contribution is 0.0845. The third kappa shape index (κ3) is 2.94. The zero-order valence-corrected chi connectivity index (χ0v) is 10.5. The van der Waals surface area contributed by atoms with E-state index in [0.29, 0.717) is 6.04 Å². The summed E-state index contributed by atoms with van der Waals surface area (Å²) in [6.07, 6.45) is 4.30. The molecule has 2 nitrogen and oxygen atoms in total. The third-order valence-corrected chi connectivity index (χ3v) is 4.07. The highest BCUT2D eigenvalue weighted by Gasteiger charge is 2.30. The first-order valence-electron chi connectivity index (χ1n) is 6.62. The van der Waals surface area contributed by atoms with Crippen LogP contribution in [0.5, 0.6) is 0 Å². The second-order valence-corrected chi connectivity index (χ2v) is 5.92. The van der Waals surface area contributed by atoms with Gasteiger partial charge in [-0.1, -0.05) is 13.8 Å². The quantitative estimate of drug-likeness (QED) is 0.713. The Hall–Kier alpha value is -0.0800. The molecule has 2 heteroatoms. The Morgan fingerprint density at radius 2 is 1.67 bits per heavy atom. The fourth-order valence-electron chi connectivity index (χ4n) is 3.50. The summed E-state index contributed by atoms with van der Waals surface area (Å²) in [6.45, 7) is 10.9. The van der Waals surface area contributed by atoms with Crippen LogP contribution < -0.4 is 5.32 Å². The largest absolute Gasteiger partial charge is 0.312 e. The lowest BCUT2D eigenvalue weighted by atomic mass is 9.79. The van der Waals surface area contributed by atoms with Gasteiger partial charge >= 0.3 is 0 Å². The highest BCUT2D eigenvalue weighted by atomic mass is 15.2. The van der Waals surface area contributed by atoms with Crippen LogP contribution >= 0.6 is 0 Å². The molecule has 0 amide bonds. The molecule has 15 heavy (non-hydrogen) atoms. The van der Waals surface area contributed by atoms with Crippen molar-refractivity contribution in [1.29, 1.82) is 0 Å². The molecule has 1 saturated heterocycles. The smallest absolute Gasteiger partial charge is 0.0167 e. The molecular weight excluding hydrogens is 184 g/mol. The number of piperazine rings is 1. The molecule has 1 aliphatic carbocycles. The Morgan fingerprint density at radius 1 is 1.00 bits per heavy atom. The van der Waals surface area contributed by atoms with E-state index in [1.807, 2.05) is 0 Å². The molecule has 88 valence electrons. The zero-order chi connectivity index (χ0) is 10.8. The van der Waals surface area contributed by atoms with Gasteiger partial charge in [-0.2, -0.15) is 0 Å². The van der Waals surface area contributed by atoms with Crippen LogP contribution in [0.15, 0.2) is 0 Å². The molecule has 0 radical (unpaired) electrons. The molecule has 0 bridgehead atoms. The maximum absolute atomic E-state index is 3.53. The summed E-state index contributed by atoms with van der Waals surface area (Å²) in [5.74, 6) is 1.87. The lowest BCUT2D eigenvalue weighted by Crippen LogP contribution is -2.54. The molecule has 2 unspecified atom stereocenters. The van der Waals surface area contributed by atoms with E-state index in [1.54, 1.807) is 0 Å². The molecule has 2 rings (SSSR count). The molecule has 2 fully saturated rings. The summed E-state index contributed by atoms with van der Waals surface area (Å²) in [5.41, 5.74) is 0. The molecule has 2 aliphatic rings. The average molecular weight is 210 g/mol.